The summed E-state index contributed by atoms with van der Waals surface area (Å²) in [5, 5.41) is 13.7. The molecular weight excluding hydrogens is 461 g/mol. The fraction of sp³-hybridized carbons (Fsp3) is 0.320. The number of para-hydroxylation sites is 1. The summed E-state index contributed by atoms with van der Waals surface area (Å²) in [5.74, 6) is -3.89. The van der Waals surface area contributed by atoms with Crippen LogP contribution in [0.2, 0.25) is 0 Å². The Morgan fingerprint density at radius 3 is 2.44 bits per heavy atom. The maximum Gasteiger partial charge on any atom is 0.315 e. The number of nitrogens with one attached hydrogen (secondary N) is 1. The van der Waals surface area contributed by atoms with E-state index in [0.717, 1.165) is 39.5 Å². The minimum Gasteiger partial charge on any atom is -0.393 e. The van der Waals surface area contributed by atoms with E-state index in [4.69, 9.17) is 0 Å². The normalized spacial score (nSPS) is 18.8. The number of thiazole rings is 1. The molecule has 5 nitrogen and oxygen atoms in total. The van der Waals surface area contributed by atoms with E-state index in [1.807, 2.05) is 24.3 Å². The van der Waals surface area contributed by atoms with Crippen LogP contribution in [-0.4, -0.2) is 32.2 Å². The van der Waals surface area contributed by atoms with Crippen molar-refractivity contribution in [2.24, 2.45) is 0 Å². The van der Waals surface area contributed by atoms with Crippen molar-refractivity contribution in [1.29, 1.82) is 0 Å². The SMILES string of the molecule is OC1CCC(Nc2nc(Cc3nc4ccccc4s3)cc(C(F)(F)c3ccc(F)cc3)n2)CC1. The van der Waals surface area contributed by atoms with Crippen molar-refractivity contribution < 1.29 is 18.3 Å². The van der Waals surface area contributed by atoms with E-state index in [0.29, 0.717) is 31.4 Å². The molecule has 0 amide bonds. The number of nitrogens with zero attached hydrogens (tertiary/aromatic N) is 3. The summed E-state index contributed by atoms with van der Waals surface area (Å²) in [7, 11) is 0. The highest BCUT2D eigenvalue weighted by atomic mass is 32.1. The molecule has 176 valence electrons. The summed E-state index contributed by atoms with van der Waals surface area (Å²) in [6.07, 6.45) is 2.64. The average Bonchev–Trinajstić information content (AvgIpc) is 3.23. The van der Waals surface area contributed by atoms with Gasteiger partial charge >= 0.3 is 5.92 Å². The molecule has 0 saturated heterocycles. The molecule has 1 aliphatic carbocycles. The Hall–Kier alpha value is -3.04. The van der Waals surface area contributed by atoms with Crippen LogP contribution in [0.1, 0.15) is 47.6 Å². The summed E-state index contributed by atoms with van der Waals surface area (Å²) in [4.78, 5) is 13.3. The lowest BCUT2D eigenvalue weighted by atomic mass is 9.93. The standard InChI is InChI=1S/C25H23F3N4OS/c26-16-7-5-15(6-8-16)25(27,28)22-13-18(14-23-31-20-3-1-2-4-21(20)34-23)30-24(32-22)29-17-9-11-19(33)12-10-17/h1-8,13,17,19,33H,9-12,14H2,(H,29,30,32). The molecule has 34 heavy (non-hydrogen) atoms. The van der Waals surface area contributed by atoms with E-state index in [1.165, 1.54) is 17.4 Å². The second kappa shape index (κ2) is 9.31. The van der Waals surface area contributed by atoms with E-state index in [-0.39, 0.29) is 30.1 Å². The third-order valence-corrected chi connectivity index (χ3v) is 7.04. The van der Waals surface area contributed by atoms with E-state index in [1.54, 1.807) is 0 Å². The number of benzene rings is 2. The molecule has 0 aliphatic heterocycles. The van der Waals surface area contributed by atoms with E-state index >= 15 is 8.78 Å². The molecule has 2 aromatic carbocycles. The first-order valence-electron chi connectivity index (χ1n) is 11.2. The molecule has 1 aliphatic rings. The lowest BCUT2D eigenvalue weighted by molar-refractivity contribution is 0.0378. The van der Waals surface area contributed by atoms with Gasteiger partial charge in [0.25, 0.3) is 0 Å². The largest absolute Gasteiger partial charge is 0.393 e. The van der Waals surface area contributed by atoms with E-state index in [9.17, 15) is 9.50 Å². The topological polar surface area (TPSA) is 70.9 Å². The van der Waals surface area contributed by atoms with Crippen molar-refractivity contribution in [3.63, 3.8) is 0 Å². The van der Waals surface area contributed by atoms with Gasteiger partial charge in [0, 0.05) is 18.0 Å². The first-order chi connectivity index (χ1) is 16.4. The summed E-state index contributed by atoms with van der Waals surface area (Å²) in [6.45, 7) is 0. The molecule has 2 N–H and O–H groups in total. The summed E-state index contributed by atoms with van der Waals surface area (Å²) in [5.41, 5.74) is 0.477. The number of hydrogen-bond donors (Lipinski definition) is 2. The Labute approximate surface area is 198 Å². The molecule has 0 atom stereocenters. The minimum absolute atomic E-state index is 0.00612. The van der Waals surface area contributed by atoms with E-state index < -0.39 is 17.4 Å². The minimum atomic E-state index is -3.43. The molecule has 0 spiro atoms. The van der Waals surface area contributed by atoms with Crippen LogP contribution in [-0.2, 0) is 12.3 Å². The van der Waals surface area contributed by atoms with Gasteiger partial charge in [0.15, 0.2) is 0 Å². The Morgan fingerprint density at radius 1 is 0.971 bits per heavy atom. The number of alkyl halides is 2. The molecule has 9 heteroatoms. The zero-order valence-corrected chi connectivity index (χ0v) is 19.0. The lowest BCUT2D eigenvalue weighted by Crippen LogP contribution is -2.29. The van der Waals surface area contributed by atoms with Crippen molar-refractivity contribution in [2.45, 2.75) is 50.2 Å². The smallest absolute Gasteiger partial charge is 0.315 e. The van der Waals surface area contributed by atoms with Crippen LogP contribution in [0, 0.1) is 5.82 Å². The first kappa shape index (κ1) is 22.7. The van der Waals surface area contributed by atoms with Gasteiger partial charge in [0.1, 0.15) is 11.5 Å². The molecule has 0 radical (unpaired) electrons. The van der Waals surface area contributed by atoms with Crippen molar-refractivity contribution in [3.8, 4) is 0 Å². The Morgan fingerprint density at radius 2 is 1.71 bits per heavy atom. The first-order valence-corrected chi connectivity index (χ1v) is 12.0. The fourth-order valence-corrected chi connectivity index (χ4v) is 5.16. The van der Waals surface area contributed by atoms with Gasteiger partial charge in [-0.05, 0) is 68.1 Å². The Kier molecular flexibility index (Phi) is 6.22. The number of aliphatic hydroxyl groups excluding tert-OH is 1. The van der Waals surface area contributed by atoms with Gasteiger partial charge in [-0.3, -0.25) is 0 Å². The predicted octanol–water partition coefficient (Wildman–Crippen LogP) is 5.67. The monoisotopic (exact) mass is 484 g/mol. The second-order valence-electron chi connectivity index (χ2n) is 8.55. The molecule has 0 unspecified atom stereocenters. The maximum absolute atomic E-state index is 15.4. The molecule has 0 bridgehead atoms. The molecule has 2 aromatic heterocycles. The second-order valence-corrected chi connectivity index (χ2v) is 9.67. The molecular formula is C25H23F3N4OS. The van der Waals surface area contributed by atoms with Crippen LogP contribution >= 0.6 is 11.3 Å². The zero-order valence-electron chi connectivity index (χ0n) is 18.2. The van der Waals surface area contributed by atoms with Gasteiger partial charge in [0.2, 0.25) is 5.95 Å². The van der Waals surface area contributed by atoms with Gasteiger partial charge in [-0.1, -0.05) is 12.1 Å². The highest BCUT2D eigenvalue weighted by molar-refractivity contribution is 7.18. The van der Waals surface area contributed by atoms with Crippen molar-refractivity contribution >= 4 is 27.5 Å². The summed E-state index contributed by atoms with van der Waals surface area (Å²) in [6, 6.07) is 13.2. The van der Waals surface area contributed by atoms with Crippen LogP contribution in [0.15, 0.2) is 54.6 Å². The van der Waals surface area contributed by atoms with Crippen LogP contribution in [0.4, 0.5) is 19.1 Å². The Bertz CT molecular complexity index is 1250. The average molecular weight is 485 g/mol. The van der Waals surface area contributed by atoms with Gasteiger partial charge in [-0.15, -0.1) is 11.3 Å². The number of rotatable bonds is 6. The Balaban J connectivity index is 1.49. The van der Waals surface area contributed by atoms with Crippen LogP contribution < -0.4 is 5.32 Å². The van der Waals surface area contributed by atoms with Crippen LogP contribution in [0.25, 0.3) is 10.2 Å². The molecule has 5 rings (SSSR count). The maximum atomic E-state index is 15.4. The van der Waals surface area contributed by atoms with Crippen LogP contribution in [0.3, 0.4) is 0 Å². The third kappa shape index (κ3) is 4.90. The summed E-state index contributed by atoms with van der Waals surface area (Å²) >= 11 is 1.50. The number of hydrogen-bond acceptors (Lipinski definition) is 6. The zero-order chi connectivity index (χ0) is 23.7. The van der Waals surface area contributed by atoms with Gasteiger partial charge in [0.05, 0.1) is 27.0 Å². The number of aliphatic hydroxyl groups is 1. The molecule has 2 heterocycles. The number of anilines is 1. The molecule has 4 aromatic rings. The van der Waals surface area contributed by atoms with E-state index in [2.05, 4.69) is 20.3 Å². The van der Waals surface area contributed by atoms with Gasteiger partial charge in [-0.2, -0.15) is 8.78 Å². The van der Waals surface area contributed by atoms with Gasteiger partial charge < -0.3 is 10.4 Å². The predicted molar refractivity (Wildman–Crippen MR) is 126 cm³/mol. The molecule has 1 saturated carbocycles. The number of fused-ring (bicyclic) bond motifs is 1. The van der Waals surface area contributed by atoms with Crippen molar-refractivity contribution in [1.82, 2.24) is 15.0 Å². The van der Waals surface area contributed by atoms with Crippen molar-refractivity contribution in [2.75, 3.05) is 5.32 Å². The highest BCUT2D eigenvalue weighted by Gasteiger charge is 2.37. The van der Waals surface area contributed by atoms with Gasteiger partial charge in [-0.25, -0.2) is 19.3 Å². The van der Waals surface area contributed by atoms with Crippen LogP contribution in [0.5, 0.6) is 0 Å². The summed E-state index contributed by atoms with van der Waals surface area (Å²) < 4.78 is 45.2. The third-order valence-electron chi connectivity index (χ3n) is 6.01. The number of aromatic nitrogens is 3. The van der Waals surface area contributed by atoms with Crippen molar-refractivity contribution in [3.05, 3.63) is 82.4 Å². The number of halogens is 3. The highest BCUT2D eigenvalue weighted by Crippen LogP contribution is 2.36. The lowest BCUT2D eigenvalue weighted by Gasteiger charge is -2.26. The quantitative estimate of drug-likeness (QED) is 0.369. The fourth-order valence-electron chi connectivity index (χ4n) is 4.17. The molecule has 1 fully saturated rings.